The van der Waals surface area contributed by atoms with Crippen molar-refractivity contribution in [3.05, 3.63) is 89.6 Å². The molecule has 0 fully saturated rings. The van der Waals surface area contributed by atoms with Gasteiger partial charge in [0.15, 0.2) is 0 Å². The first-order chi connectivity index (χ1) is 16.6. The second-order valence-electron chi connectivity index (χ2n) is 7.79. The van der Waals surface area contributed by atoms with Crippen molar-refractivity contribution in [2.75, 3.05) is 32.6 Å². The van der Waals surface area contributed by atoms with Crippen molar-refractivity contribution >= 4 is 28.6 Å². The van der Waals surface area contributed by atoms with Gasteiger partial charge in [0.25, 0.3) is 5.91 Å². The minimum atomic E-state index is -0.0408. The highest BCUT2D eigenvalue weighted by atomic mass is 16.5. The number of nitrogens with zero attached hydrogens (tertiary/aromatic N) is 2. The van der Waals surface area contributed by atoms with Crippen LogP contribution in [0, 0.1) is 0 Å². The molecule has 1 amide bonds. The molecule has 1 N–H and O–H groups in total. The van der Waals surface area contributed by atoms with Gasteiger partial charge in [-0.1, -0.05) is 30.3 Å². The van der Waals surface area contributed by atoms with E-state index in [1.807, 2.05) is 91.5 Å². The van der Waals surface area contributed by atoms with Crippen LogP contribution in [0.5, 0.6) is 11.5 Å². The Kier molecular flexibility index (Phi) is 6.97. The van der Waals surface area contributed by atoms with E-state index in [1.165, 1.54) is 0 Å². The number of aliphatic imine (C=N–C) groups is 1. The lowest BCUT2D eigenvalue weighted by Crippen LogP contribution is -2.32. The maximum atomic E-state index is 13.8. The number of hydrogen-bond acceptors (Lipinski definition) is 5. The van der Waals surface area contributed by atoms with Crippen molar-refractivity contribution in [1.29, 1.82) is 0 Å². The quantitative estimate of drug-likeness (QED) is 0.476. The maximum absolute atomic E-state index is 13.8. The number of nitrogens with one attached hydrogen (secondary N) is 1. The number of carbonyl (C=O) groups excluding carboxylic acids is 1. The number of ether oxygens (including phenoxy) is 2. The van der Waals surface area contributed by atoms with Gasteiger partial charge in [0, 0.05) is 24.3 Å². The molecule has 6 nitrogen and oxygen atoms in total. The predicted molar refractivity (Wildman–Crippen MR) is 137 cm³/mol. The zero-order valence-electron chi connectivity index (χ0n) is 20.0. The normalized spacial score (nSPS) is 14.9. The Morgan fingerprint density at radius 1 is 0.882 bits per heavy atom. The largest absolute Gasteiger partial charge is 0.497 e. The van der Waals surface area contributed by atoms with E-state index in [2.05, 4.69) is 5.32 Å². The summed E-state index contributed by atoms with van der Waals surface area (Å²) >= 11 is 0. The minimum absolute atomic E-state index is 0.0408. The van der Waals surface area contributed by atoms with E-state index in [1.54, 1.807) is 14.2 Å². The van der Waals surface area contributed by atoms with Gasteiger partial charge >= 0.3 is 0 Å². The van der Waals surface area contributed by atoms with Crippen LogP contribution in [-0.4, -0.2) is 43.8 Å². The van der Waals surface area contributed by atoms with E-state index in [-0.39, 0.29) is 5.91 Å². The highest BCUT2D eigenvalue weighted by Crippen LogP contribution is 2.37. The lowest BCUT2D eigenvalue weighted by Gasteiger charge is -2.22. The number of fused-ring (bicyclic) bond motifs is 1. The summed E-state index contributed by atoms with van der Waals surface area (Å²) < 4.78 is 10.8. The van der Waals surface area contributed by atoms with E-state index in [0.29, 0.717) is 30.1 Å². The Hall–Kier alpha value is -4.06. The molecule has 3 aromatic rings. The zero-order chi connectivity index (χ0) is 24.1. The molecule has 34 heavy (non-hydrogen) atoms. The third kappa shape index (κ3) is 4.53. The molecule has 3 aromatic carbocycles. The molecular formula is C28H29N3O3. The average molecular weight is 456 g/mol. The van der Waals surface area contributed by atoms with E-state index in [9.17, 15) is 4.79 Å². The van der Waals surface area contributed by atoms with Gasteiger partial charge < -0.3 is 19.7 Å². The molecule has 0 saturated heterocycles. The molecule has 0 radical (unpaired) electrons. The number of benzene rings is 3. The average Bonchev–Trinajstić information content (AvgIpc) is 3.22. The standard InChI is InChI=1S/C28H29N3O3/c1-5-31(6-2)28(32)25(19-10-8-7-9-11-19)27-26(29-20-12-14-21(33-3)15-13-20)23-18-22(34-4)16-17-24(23)30-27/h7-18,30H,5-6H2,1-4H3/b27-25+,29-26?. The third-order valence-corrected chi connectivity index (χ3v) is 5.87. The summed E-state index contributed by atoms with van der Waals surface area (Å²) in [4.78, 5) is 20.6. The molecule has 0 bridgehead atoms. The molecule has 1 heterocycles. The van der Waals surface area contributed by atoms with Gasteiger partial charge in [0.05, 0.1) is 36.9 Å². The number of allylic oxidation sites excluding steroid dienone is 1. The van der Waals surface area contributed by atoms with Crippen LogP contribution in [0.1, 0.15) is 25.0 Å². The Balaban J connectivity index is 1.97. The van der Waals surface area contributed by atoms with E-state index >= 15 is 0 Å². The molecule has 174 valence electrons. The first kappa shape index (κ1) is 23.1. The van der Waals surface area contributed by atoms with Crippen LogP contribution in [0.4, 0.5) is 11.4 Å². The smallest absolute Gasteiger partial charge is 0.256 e. The number of hydrogen-bond donors (Lipinski definition) is 1. The SMILES string of the molecule is CCN(CC)C(=O)/C(=C1/Nc2ccc(OC)cc2C1=Nc1ccc(OC)cc1)c1ccccc1. The molecule has 0 aliphatic carbocycles. The van der Waals surface area contributed by atoms with E-state index in [4.69, 9.17) is 14.5 Å². The van der Waals surface area contributed by atoms with E-state index < -0.39 is 0 Å². The molecule has 0 aromatic heterocycles. The van der Waals surface area contributed by atoms with Crippen molar-refractivity contribution in [3.8, 4) is 11.5 Å². The molecule has 6 heteroatoms. The molecule has 0 atom stereocenters. The fraction of sp³-hybridized carbons (Fsp3) is 0.214. The van der Waals surface area contributed by atoms with Crippen LogP contribution in [0.15, 0.2) is 83.5 Å². The van der Waals surface area contributed by atoms with Crippen LogP contribution in [0.2, 0.25) is 0 Å². The van der Waals surface area contributed by atoms with Crippen LogP contribution >= 0.6 is 0 Å². The maximum Gasteiger partial charge on any atom is 0.256 e. The summed E-state index contributed by atoms with van der Waals surface area (Å²) in [6.45, 7) is 5.21. The number of carbonyl (C=O) groups is 1. The second-order valence-corrected chi connectivity index (χ2v) is 7.79. The second kappa shape index (κ2) is 10.3. The van der Waals surface area contributed by atoms with Gasteiger partial charge in [-0.25, -0.2) is 4.99 Å². The minimum Gasteiger partial charge on any atom is -0.497 e. The van der Waals surface area contributed by atoms with Gasteiger partial charge in [-0.05, 0) is 61.9 Å². The van der Waals surface area contributed by atoms with Crippen LogP contribution in [0.3, 0.4) is 0 Å². The van der Waals surface area contributed by atoms with Gasteiger partial charge in [-0.15, -0.1) is 0 Å². The van der Waals surface area contributed by atoms with Crippen LogP contribution in [0.25, 0.3) is 5.57 Å². The summed E-state index contributed by atoms with van der Waals surface area (Å²) in [5, 5.41) is 3.48. The van der Waals surface area contributed by atoms with Crippen LogP contribution in [-0.2, 0) is 4.79 Å². The van der Waals surface area contributed by atoms with E-state index in [0.717, 1.165) is 34.0 Å². The lowest BCUT2D eigenvalue weighted by molar-refractivity contribution is -0.124. The molecule has 4 rings (SSSR count). The molecule has 0 spiro atoms. The highest BCUT2D eigenvalue weighted by molar-refractivity contribution is 6.34. The van der Waals surface area contributed by atoms with Crippen LogP contribution < -0.4 is 14.8 Å². The summed E-state index contributed by atoms with van der Waals surface area (Å²) in [7, 11) is 3.27. The van der Waals surface area contributed by atoms with Gasteiger partial charge in [-0.3, -0.25) is 4.79 Å². The Morgan fingerprint density at radius 2 is 1.53 bits per heavy atom. The molecular weight excluding hydrogens is 426 g/mol. The fourth-order valence-corrected chi connectivity index (χ4v) is 4.02. The zero-order valence-corrected chi connectivity index (χ0v) is 20.0. The monoisotopic (exact) mass is 455 g/mol. The predicted octanol–water partition coefficient (Wildman–Crippen LogP) is 5.53. The number of methoxy groups -OCH3 is 2. The number of amides is 1. The first-order valence-corrected chi connectivity index (χ1v) is 11.4. The van der Waals surface area contributed by atoms with Crippen molar-refractivity contribution in [3.63, 3.8) is 0 Å². The third-order valence-electron chi connectivity index (χ3n) is 5.87. The van der Waals surface area contributed by atoms with Crippen molar-refractivity contribution < 1.29 is 14.3 Å². The molecule has 1 aliphatic rings. The first-order valence-electron chi connectivity index (χ1n) is 11.4. The molecule has 0 saturated carbocycles. The number of rotatable bonds is 7. The molecule has 0 unspecified atom stereocenters. The van der Waals surface area contributed by atoms with Gasteiger partial charge in [0.2, 0.25) is 0 Å². The van der Waals surface area contributed by atoms with Gasteiger partial charge in [-0.2, -0.15) is 0 Å². The Labute approximate surface area is 200 Å². The number of likely N-dealkylation sites (N-methyl/N-ethyl adjacent to an activating group) is 1. The van der Waals surface area contributed by atoms with Crippen molar-refractivity contribution in [2.45, 2.75) is 13.8 Å². The summed E-state index contributed by atoms with van der Waals surface area (Å²) in [6.07, 6.45) is 0. The van der Waals surface area contributed by atoms with Gasteiger partial charge in [0.1, 0.15) is 11.5 Å². The summed E-state index contributed by atoms with van der Waals surface area (Å²) in [6, 6.07) is 23.1. The lowest BCUT2D eigenvalue weighted by atomic mass is 9.98. The molecule has 1 aliphatic heterocycles. The Morgan fingerprint density at radius 3 is 2.15 bits per heavy atom. The Bertz CT molecular complexity index is 1230. The van der Waals surface area contributed by atoms with Crippen molar-refractivity contribution in [1.82, 2.24) is 4.90 Å². The number of anilines is 1. The fourth-order valence-electron chi connectivity index (χ4n) is 4.02. The topological polar surface area (TPSA) is 63.2 Å². The van der Waals surface area contributed by atoms with Crippen molar-refractivity contribution in [2.24, 2.45) is 4.99 Å². The summed E-state index contributed by atoms with van der Waals surface area (Å²) in [5.74, 6) is 1.44. The summed E-state index contributed by atoms with van der Waals surface area (Å²) in [5.41, 5.74) is 5.32. The highest BCUT2D eigenvalue weighted by Gasteiger charge is 2.31.